The summed E-state index contributed by atoms with van der Waals surface area (Å²) in [7, 11) is 1.87. The summed E-state index contributed by atoms with van der Waals surface area (Å²) >= 11 is 0. The Balaban J connectivity index is 2.26. The minimum Gasteiger partial charge on any atom is -0.494 e. The second-order valence-electron chi connectivity index (χ2n) is 4.97. The van der Waals surface area contributed by atoms with E-state index < -0.39 is 0 Å². The van der Waals surface area contributed by atoms with Crippen molar-refractivity contribution in [1.29, 1.82) is 0 Å². The fourth-order valence-corrected chi connectivity index (χ4v) is 2.18. The Bertz CT molecular complexity index is 581. The first-order valence-corrected chi connectivity index (χ1v) is 7.18. The maximum atomic E-state index is 5.45. The van der Waals surface area contributed by atoms with Crippen LogP contribution in [0.25, 0.3) is 0 Å². The van der Waals surface area contributed by atoms with E-state index in [4.69, 9.17) is 4.74 Å². The second kappa shape index (κ2) is 6.92. The van der Waals surface area contributed by atoms with Crippen molar-refractivity contribution in [3.05, 3.63) is 36.2 Å². The van der Waals surface area contributed by atoms with Gasteiger partial charge in [0.05, 0.1) is 6.61 Å². The number of rotatable bonds is 6. The average Bonchev–Trinajstić information content (AvgIpc) is 2.49. The lowest BCUT2D eigenvalue weighted by Crippen LogP contribution is -2.06. The predicted molar refractivity (Wildman–Crippen MR) is 86.6 cm³/mol. The fraction of sp³-hybridized carbons (Fsp3) is 0.375. The zero-order chi connectivity index (χ0) is 15.2. The van der Waals surface area contributed by atoms with Crippen LogP contribution in [0.15, 0.2) is 30.6 Å². The van der Waals surface area contributed by atoms with Crippen LogP contribution in [-0.4, -0.2) is 23.6 Å². The van der Waals surface area contributed by atoms with Gasteiger partial charge >= 0.3 is 0 Å². The van der Waals surface area contributed by atoms with Crippen LogP contribution in [-0.2, 0) is 0 Å². The van der Waals surface area contributed by atoms with Gasteiger partial charge in [0, 0.05) is 18.3 Å². The minimum absolute atomic E-state index is 0.318. The van der Waals surface area contributed by atoms with Crippen molar-refractivity contribution in [2.45, 2.75) is 26.7 Å². The van der Waals surface area contributed by atoms with E-state index in [1.54, 1.807) is 6.33 Å². The average molecular weight is 286 g/mol. The molecule has 1 aromatic heterocycles. The number of aromatic nitrogens is 2. The van der Waals surface area contributed by atoms with E-state index in [0.29, 0.717) is 12.5 Å². The van der Waals surface area contributed by atoms with Gasteiger partial charge in [0.25, 0.3) is 0 Å². The zero-order valence-corrected chi connectivity index (χ0v) is 13.0. The molecule has 0 aliphatic heterocycles. The van der Waals surface area contributed by atoms with Crippen LogP contribution in [0.1, 0.15) is 32.3 Å². The lowest BCUT2D eigenvalue weighted by atomic mass is 10.0. The Hall–Kier alpha value is -2.30. The molecule has 1 aromatic carbocycles. The number of nitrogens with one attached hydrogen (secondary N) is 2. The van der Waals surface area contributed by atoms with Gasteiger partial charge in [0.15, 0.2) is 0 Å². The third kappa shape index (κ3) is 3.62. The number of nitrogens with zero attached hydrogens (tertiary/aromatic N) is 2. The molecule has 0 saturated heterocycles. The maximum Gasteiger partial charge on any atom is 0.139 e. The molecule has 5 heteroatoms. The molecule has 5 nitrogen and oxygen atoms in total. The SMILES string of the molecule is CCOc1ccc(Nc2ncnc(NC)c2C(C)C)cc1. The maximum absolute atomic E-state index is 5.45. The van der Waals surface area contributed by atoms with Gasteiger partial charge in [-0.1, -0.05) is 13.8 Å². The Labute approximate surface area is 125 Å². The highest BCUT2D eigenvalue weighted by Crippen LogP contribution is 2.30. The molecular weight excluding hydrogens is 264 g/mol. The number of ether oxygens (including phenoxy) is 1. The van der Waals surface area contributed by atoms with Crippen LogP contribution in [0.2, 0.25) is 0 Å². The highest BCUT2D eigenvalue weighted by atomic mass is 16.5. The zero-order valence-electron chi connectivity index (χ0n) is 13.0. The molecule has 0 radical (unpaired) electrons. The van der Waals surface area contributed by atoms with E-state index in [9.17, 15) is 0 Å². The number of hydrogen-bond acceptors (Lipinski definition) is 5. The third-order valence-corrected chi connectivity index (χ3v) is 3.13. The van der Waals surface area contributed by atoms with Crippen LogP contribution in [0.3, 0.4) is 0 Å². The first-order chi connectivity index (χ1) is 10.2. The molecular formula is C16H22N4O. The standard InChI is InChI=1S/C16H22N4O/c1-5-21-13-8-6-12(7-9-13)20-16-14(11(2)3)15(17-4)18-10-19-16/h6-11H,5H2,1-4H3,(H2,17,18,19,20). The van der Waals surface area contributed by atoms with Crippen LogP contribution in [0.5, 0.6) is 5.75 Å². The lowest BCUT2D eigenvalue weighted by Gasteiger charge is -2.16. The molecule has 0 saturated carbocycles. The van der Waals surface area contributed by atoms with Crippen molar-refractivity contribution in [1.82, 2.24) is 9.97 Å². The summed E-state index contributed by atoms with van der Waals surface area (Å²) in [6.07, 6.45) is 1.56. The summed E-state index contributed by atoms with van der Waals surface area (Å²) in [5.74, 6) is 2.87. The van der Waals surface area contributed by atoms with Gasteiger partial charge in [-0.2, -0.15) is 0 Å². The number of anilines is 3. The highest BCUT2D eigenvalue weighted by Gasteiger charge is 2.14. The summed E-state index contributed by atoms with van der Waals surface area (Å²) < 4.78 is 5.45. The Morgan fingerprint density at radius 2 is 1.76 bits per heavy atom. The molecule has 0 unspecified atom stereocenters. The first kappa shape index (κ1) is 15.1. The van der Waals surface area contributed by atoms with Gasteiger partial charge in [-0.05, 0) is 37.1 Å². The van der Waals surface area contributed by atoms with Crippen LogP contribution < -0.4 is 15.4 Å². The largest absolute Gasteiger partial charge is 0.494 e. The summed E-state index contributed by atoms with van der Waals surface area (Å²) in [6.45, 7) is 6.90. The molecule has 0 aliphatic rings. The van der Waals surface area contributed by atoms with E-state index >= 15 is 0 Å². The molecule has 0 amide bonds. The van der Waals surface area contributed by atoms with Crippen molar-refractivity contribution in [3.63, 3.8) is 0 Å². The molecule has 0 atom stereocenters. The summed E-state index contributed by atoms with van der Waals surface area (Å²) in [4.78, 5) is 8.65. The van der Waals surface area contributed by atoms with Crippen molar-refractivity contribution >= 4 is 17.3 Å². The Morgan fingerprint density at radius 1 is 1.10 bits per heavy atom. The monoisotopic (exact) mass is 286 g/mol. The van der Waals surface area contributed by atoms with Gasteiger partial charge in [-0.3, -0.25) is 0 Å². The van der Waals surface area contributed by atoms with Gasteiger partial charge in [-0.25, -0.2) is 9.97 Å². The van der Waals surface area contributed by atoms with Gasteiger partial charge in [0.2, 0.25) is 0 Å². The second-order valence-corrected chi connectivity index (χ2v) is 4.97. The van der Waals surface area contributed by atoms with Crippen LogP contribution in [0.4, 0.5) is 17.3 Å². The van der Waals surface area contributed by atoms with Crippen molar-refractivity contribution in [2.75, 3.05) is 24.3 Å². The number of benzene rings is 1. The summed E-state index contributed by atoms with van der Waals surface area (Å²) in [5.41, 5.74) is 2.05. The molecule has 1 heterocycles. The predicted octanol–water partition coefficient (Wildman–Crippen LogP) is 3.78. The molecule has 21 heavy (non-hydrogen) atoms. The number of hydrogen-bond donors (Lipinski definition) is 2. The van der Waals surface area contributed by atoms with Gasteiger partial charge < -0.3 is 15.4 Å². The van der Waals surface area contributed by atoms with Crippen LogP contribution >= 0.6 is 0 Å². The topological polar surface area (TPSA) is 59.1 Å². The Morgan fingerprint density at radius 3 is 2.33 bits per heavy atom. The quantitative estimate of drug-likeness (QED) is 0.846. The molecule has 0 aliphatic carbocycles. The van der Waals surface area contributed by atoms with E-state index in [1.165, 1.54) is 0 Å². The summed E-state index contributed by atoms with van der Waals surface area (Å²) in [5, 5.41) is 6.47. The van der Waals surface area contributed by atoms with E-state index in [0.717, 1.165) is 28.6 Å². The molecule has 2 rings (SSSR count). The summed E-state index contributed by atoms with van der Waals surface area (Å²) in [6, 6.07) is 7.86. The molecule has 2 N–H and O–H groups in total. The van der Waals surface area contributed by atoms with Gasteiger partial charge in [-0.15, -0.1) is 0 Å². The third-order valence-electron chi connectivity index (χ3n) is 3.13. The Kier molecular flexibility index (Phi) is 4.98. The minimum atomic E-state index is 0.318. The first-order valence-electron chi connectivity index (χ1n) is 7.18. The molecule has 0 spiro atoms. The van der Waals surface area contributed by atoms with Crippen molar-refractivity contribution in [3.8, 4) is 5.75 Å². The fourth-order valence-electron chi connectivity index (χ4n) is 2.18. The van der Waals surface area contributed by atoms with Gasteiger partial charge in [0.1, 0.15) is 23.7 Å². The normalized spacial score (nSPS) is 10.5. The van der Waals surface area contributed by atoms with Crippen LogP contribution in [0, 0.1) is 0 Å². The molecule has 112 valence electrons. The molecule has 0 fully saturated rings. The lowest BCUT2D eigenvalue weighted by molar-refractivity contribution is 0.340. The van der Waals surface area contributed by atoms with Crippen molar-refractivity contribution in [2.24, 2.45) is 0 Å². The molecule has 2 aromatic rings. The van der Waals surface area contributed by atoms with Crippen molar-refractivity contribution < 1.29 is 4.74 Å². The smallest absolute Gasteiger partial charge is 0.139 e. The van der Waals surface area contributed by atoms with E-state index in [2.05, 4.69) is 34.4 Å². The van der Waals surface area contributed by atoms with E-state index in [-0.39, 0.29) is 0 Å². The molecule has 0 bridgehead atoms. The highest BCUT2D eigenvalue weighted by molar-refractivity contribution is 5.66. The van der Waals surface area contributed by atoms with E-state index in [1.807, 2.05) is 38.2 Å².